The van der Waals surface area contributed by atoms with Gasteiger partial charge >= 0.3 is 0 Å². The molecule has 0 aliphatic rings. The minimum absolute atomic E-state index is 0.0787. The first kappa shape index (κ1) is 18.7. The number of thioether (sulfide) groups is 1. The van der Waals surface area contributed by atoms with Crippen molar-refractivity contribution in [2.24, 2.45) is 0 Å². The Morgan fingerprint density at radius 1 is 1.23 bits per heavy atom. The molecule has 0 saturated carbocycles. The van der Waals surface area contributed by atoms with Crippen LogP contribution in [0.25, 0.3) is 15.9 Å². The molecule has 1 amide bonds. The predicted octanol–water partition coefficient (Wildman–Crippen LogP) is 3.52. The maximum Gasteiger partial charge on any atom is 0.267 e. The molecule has 26 heavy (non-hydrogen) atoms. The zero-order chi connectivity index (χ0) is 19.0. The summed E-state index contributed by atoms with van der Waals surface area (Å²) in [5, 5.41) is 3.81. The second kappa shape index (κ2) is 7.25. The van der Waals surface area contributed by atoms with Gasteiger partial charge in [-0.15, -0.1) is 11.3 Å². The van der Waals surface area contributed by atoms with Gasteiger partial charge in [-0.2, -0.15) is 0 Å². The van der Waals surface area contributed by atoms with E-state index in [1.54, 1.807) is 11.6 Å². The third-order valence-corrected chi connectivity index (χ3v) is 6.64. The highest BCUT2D eigenvalue weighted by Gasteiger charge is 2.19. The van der Waals surface area contributed by atoms with Gasteiger partial charge in [0.2, 0.25) is 5.91 Å². The summed E-state index contributed by atoms with van der Waals surface area (Å²) in [6.07, 6.45) is 0. The molecule has 3 aromatic rings. The zero-order valence-corrected chi connectivity index (χ0v) is 17.1. The summed E-state index contributed by atoms with van der Waals surface area (Å²) < 4.78 is 1.65. The first-order valence-electron chi connectivity index (χ1n) is 8.27. The van der Waals surface area contributed by atoms with E-state index in [2.05, 4.69) is 5.32 Å². The average molecular weight is 388 g/mol. The van der Waals surface area contributed by atoms with Crippen molar-refractivity contribution in [1.29, 1.82) is 0 Å². The van der Waals surface area contributed by atoms with Gasteiger partial charge in [0.25, 0.3) is 5.56 Å². The molecule has 0 unspecified atom stereocenters. The van der Waals surface area contributed by atoms with E-state index in [1.165, 1.54) is 23.1 Å². The molecule has 0 aliphatic heterocycles. The van der Waals surface area contributed by atoms with Gasteiger partial charge in [-0.3, -0.25) is 14.2 Å². The molecule has 0 saturated heterocycles. The SMILES string of the molecule is CNC(=O)CSc1nc2sc(C)c(C)c2c(=O)n1-c1cccc(C)c1C. The largest absolute Gasteiger partial charge is 0.358 e. The van der Waals surface area contributed by atoms with Crippen LogP contribution in [0.5, 0.6) is 0 Å². The number of fused-ring (bicyclic) bond motifs is 1. The Labute approximate surface area is 160 Å². The van der Waals surface area contributed by atoms with Crippen molar-refractivity contribution in [3.63, 3.8) is 0 Å². The monoisotopic (exact) mass is 387 g/mol. The van der Waals surface area contributed by atoms with Gasteiger partial charge in [0.15, 0.2) is 5.16 Å². The molecule has 1 N–H and O–H groups in total. The van der Waals surface area contributed by atoms with Crippen molar-refractivity contribution in [2.75, 3.05) is 12.8 Å². The summed E-state index contributed by atoms with van der Waals surface area (Å²) in [4.78, 5) is 31.6. The molecule has 0 aliphatic carbocycles. The van der Waals surface area contributed by atoms with Crippen molar-refractivity contribution < 1.29 is 4.79 Å². The smallest absolute Gasteiger partial charge is 0.267 e. The number of nitrogens with one attached hydrogen (secondary N) is 1. The molecule has 0 fully saturated rings. The van der Waals surface area contributed by atoms with E-state index in [0.29, 0.717) is 10.5 Å². The van der Waals surface area contributed by atoms with Crippen LogP contribution < -0.4 is 10.9 Å². The maximum atomic E-state index is 13.4. The summed E-state index contributed by atoms with van der Waals surface area (Å²) in [5.74, 6) is 0.109. The molecular weight excluding hydrogens is 366 g/mol. The number of rotatable bonds is 4. The summed E-state index contributed by atoms with van der Waals surface area (Å²) >= 11 is 2.80. The lowest BCUT2D eigenvalue weighted by atomic mass is 10.1. The van der Waals surface area contributed by atoms with Crippen LogP contribution in [0.2, 0.25) is 0 Å². The number of aromatic nitrogens is 2. The van der Waals surface area contributed by atoms with Gasteiger partial charge in [0.05, 0.1) is 16.8 Å². The number of hydrogen-bond acceptors (Lipinski definition) is 5. The topological polar surface area (TPSA) is 64.0 Å². The number of amides is 1. The Bertz CT molecular complexity index is 1070. The molecule has 0 atom stereocenters. The number of nitrogens with zero attached hydrogens (tertiary/aromatic N) is 2. The number of carbonyl (C=O) groups is 1. The fourth-order valence-electron chi connectivity index (χ4n) is 2.76. The lowest BCUT2D eigenvalue weighted by Gasteiger charge is -2.15. The Balaban J connectivity index is 2.31. The highest BCUT2D eigenvalue weighted by atomic mass is 32.2. The molecule has 2 heterocycles. The minimum Gasteiger partial charge on any atom is -0.358 e. The third-order valence-electron chi connectivity index (χ3n) is 4.60. The Morgan fingerprint density at radius 3 is 2.65 bits per heavy atom. The van der Waals surface area contributed by atoms with Gasteiger partial charge in [-0.05, 0) is 50.5 Å². The van der Waals surface area contributed by atoms with E-state index < -0.39 is 0 Å². The average Bonchev–Trinajstić information content (AvgIpc) is 2.90. The van der Waals surface area contributed by atoms with Gasteiger partial charge in [-0.25, -0.2) is 4.98 Å². The number of thiophene rings is 1. The van der Waals surface area contributed by atoms with Crippen molar-refractivity contribution in [3.8, 4) is 5.69 Å². The minimum atomic E-state index is -0.101. The van der Waals surface area contributed by atoms with Crippen LogP contribution in [0.1, 0.15) is 21.6 Å². The first-order chi connectivity index (χ1) is 12.3. The van der Waals surface area contributed by atoms with E-state index in [-0.39, 0.29) is 17.2 Å². The Morgan fingerprint density at radius 2 is 1.96 bits per heavy atom. The van der Waals surface area contributed by atoms with Crippen LogP contribution in [0, 0.1) is 27.7 Å². The standard InChI is InChI=1S/C19H21N3O2S2/c1-10-7-6-8-14(11(10)2)22-18(24)16-12(3)13(4)26-17(16)21-19(22)25-9-15(23)20-5/h6-8H,9H2,1-5H3,(H,20,23). The molecule has 7 heteroatoms. The maximum absolute atomic E-state index is 13.4. The molecular formula is C19H21N3O2S2. The van der Waals surface area contributed by atoms with E-state index in [0.717, 1.165) is 32.1 Å². The Hall–Kier alpha value is -2.12. The van der Waals surface area contributed by atoms with Gasteiger partial charge < -0.3 is 5.32 Å². The highest BCUT2D eigenvalue weighted by molar-refractivity contribution is 7.99. The van der Waals surface area contributed by atoms with Crippen LogP contribution in [0.3, 0.4) is 0 Å². The lowest BCUT2D eigenvalue weighted by Crippen LogP contribution is -2.24. The molecule has 5 nitrogen and oxygen atoms in total. The van der Waals surface area contributed by atoms with Gasteiger partial charge in [-0.1, -0.05) is 23.9 Å². The van der Waals surface area contributed by atoms with Crippen molar-refractivity contribution >= 4 is 39.2 Å². The van der Waals surface area contributed by atoms with E-state index in [1.807, 2.05) is 45.9 Å². The van der Waals surface area contributed by atoms with Crippen LogP contribution in [0.15, 0.2) is 28.2 Å². The van der Waals surface area contributed by atoms with E-state index in [4.69, 9.17) is 4.98 Å². The van der Waals surface area contributed by atoms with Crippen LogP contribution >= 0.6 is 23.1 Å². The zero-order valence-electron chi connectivity index (χ0n) is 15.5. The molecule has 136 valence electrons. The molecule has 1 aromatic carbocycles. The molecule has 2 aromatic heterocycles. The summed E-state index contributed by atoms with van der Waals surface area (Å²) in [5.41, 5.74) is 3.85. The summed E-state index contributed by atoms with van der Waals surface area (Å²) in [6.45, 7) is 7.98. The number of hydrogen-bond donors (Lipinski definition) is 1. The molecule has 0 spiro atoms. The van der Waals surface area contributed by atoms with Crippen molar-refractivity contribution in [1.82, 2.24) is 14.9 Å². The van der Waals surface area contributed by atoms with Gasteiger partial charge in [0.1, 0.15) is 4.83 Å². The van der Waals surface area contributed by atoms with Crippen molar-refractivity contribution in [3.05, 3.63) is 50.1 Å². The fraction of sp³-hybridized carbons (Fsp3) is 0.316. The quantitative estimate of drug-likeness (QED) is 0.550. The van der Waals surface area contributed by atoms with E-state index in [9.17, 15) is 9.59 Å². The molecule has 0 bridgehead atoms. The third kappa shape index (κ3) is 3.17. The summed E-state index contributed by atoms with van der Waals surface area (Å²) in [6, 6.07) is 5.89. The predicted molar refractivity (Wildman–Crippen MR) is 109 cm³/mol. The number of aryl methyl sites for hydroxylation is 3. The van der Waals surface area contributed by atoms with Crippen LogP contribution in [-0.2, 0) is 4.79 Å². The van der Waals surface area contributed by atoms with Crippen LogP contribution in [0.4, 0.5) is 0 Å². The fourth-order valence-corrected chi connectivity index (χ4v) is 4.71. The van der Waals surface area contributed by atoms with Gasteiger partial charge in [0, 0.05) is 11.9 Å². The van der Waals surface area contributed by atoms with Crippen LogP contribution in [-0.4, -0.2) is 28.3 Å². The number of carbonyl (C=O) groups excluding carboxylic acids is 1. The molecule has 0 radical (unpaired) electrons. The first-order valence-corrected chi connectivity index (χ1v) is 10.1. The highest BCUT2D eigenvalue weighted by Crippen LogP contribution is 2.30. The normalized spacial score (nSPS) is 11.1. The number of benzene rings is 1. The second-order valence-electron chi connectivity index (χ2n) is 6.18. The lowest BCUT2D eigenvalue weighted by molar-refractivity contribution is -0.118. The summed E-state index contributed by atoms with van der Waals surface area (Å²) in [7, 11) is 1.60. The second-order valence-corrected chi connectivity index (χ2v) is 8.32. The van der Waals surface area contributed by atoms with Crippen molar-refractivity contribution in [2.45, 2.75) is 32.9 Å². The Kier molecular flexibility index (Phi) is 5.20. The molecule has 3 rings (SSSR count). The van der Waals surface area contributed by atoms with E-state index >= 15 is 0 Å².